The molecule has 0 saturated heterocycles. The molecule has 0 aliphatic carbocycles. The van der Waals surface area contributed by atoms with Crippen molar-refractivity contribution in [1.29, 1.82) is 0 Å². The zero-order valence-electron chi connectivity index (χ0n) is 9.93. The lowest BCUT2D eigenvalue weighted by Gasteiger charge is -2.06. The topological polar surface area (TPSA) is 93.1 Å². The Balaban J connectivity index is 2.61. The minimum atomic E-state index is -4.55. The van der Waals surface area contributed by atoms with Crippen molar-refractivity contribution >= 4 is 19.9 Å². The summed E-state index contributed by atoms with van der Waals surface area (Å²) in [5.74, 6) is -0.463. The molecule has 0 aliphatic heterocycles. The van der Waals surface area contributed by atoms with Gasteiger partial charge in [0.05, 0.1) is 0 Å². The van der Waals surface area contributed by atoms with Gasteiger partial charge in [0.15, 0.2) is 0 Å². The second-order valence-electron chi connectivity index (χ2n) is 3.40. The Hall–Kier alpha value is -1.88. The maximum absolute atomic E-state index is 11.1. The van der Waals surface area contributed by atoms with E-state index in [0.717, 1.165) is 0 Å². The van der Waals surface area contributed by atoms with E-state index in [1.807, 2.05) is 0 Å². The number of phosphoric ester groups is 1. The molecule has 7 heteroatoms. The average Bonchev–Trinajstić information content (AvgIpc) is 2.33. The molecule has 1 aromatic carbocycles. The van der Waals surface area contributed by atoms with Gasteiger partial charge in [-0.15, -0.1) is 0 Å². The quantitative estimate of drug-likeness (QED) is 0.358. The molecule has 0 saturated carbocycles. The number of rotatable bonds is 6. The monoisotopic (exact) mass is 284 g/mol. The normalized spacial score (nSPS) is 11.3. The Morgan fingerprint density at radius 2 is 1.95 bits per heavy atom. The lowest BCUT2D eigenvalue weighted by Crippen LogP contribution is -1.99. The van der Waals surface area contributed by atoms with Crippen LogP contribution >= 0.6 is 7.82 Å². The molecule has 0 bridgehead atoms. The van der Waals surface area contributed by atoms with Crippen molar-refractivity contribution in [3.8, 4) is 5.75 Å². The van der Waals surface area contributed by atoms with Crippen LogP contribution in [0.3, 0.4) is 0 Å². The second-order valence-corrected chi connectivity index (χ2v) is 4.57. The van der Waals surface area contributed by atoms with Gasteiger partial charge >= 0.3 is 13.8 Å². The zero-order chi connectivity index (χ0) is 14.3. The molecule has 1 rings (SSSR count). The Bertz CT molecular complexity index is 514. The molecule has 19 heavy (non-hydrogen) atoms. The van der Waals surface area contributed by atoms with E-state index in [0.29, 0.717) is 5.56 Å². The van der Waals surface area contributed by atoms with E-state index in [4.69, 9.17) is 14.5 Å². The van der Waals surface area contributed by atoms with Gasteiger partial charge < -0.3 is 9.26 Å². The molecule has 0 aromatic heterocycles. The van der Waals surface area contributed by atoms with Crippen molar-refractivity contribution in [2.75, 3.05) is 6.61 Å². The molecule has 0 unspecified atom stereocenters. The highest BCUT2D eigenvalue weighted by Gasteiger charge is 2.15. The zero-order valence-corrected chi connectivity index (χ0v) is 10.8. The molecule has 0 heterocycles. The Kier molecular flexibility index (Phi) is 5.51. The van der Waals surface area contributed by atoms with Gasteiger partial charge in [-0.25, -0.2) is 9.36 Å². The number of phosphoric acid groups is 1. The Morgan fingerprint density at radius 1 is 1.32 bits per heavy atom. The van der Waals surface area contributed by atoms with Crippen LogP contribution in [0.25, 0.3) is 6.08 Å². The lowest BCUT2D eigenvalue weighted by atomic mass is 10.2. The van der Waals surface area contributed by atoms with Crippen molar-refractivity contribution in [2.24, 2.45) is 0 Å². The predicted molar refractivity (Wildman–Crippen MR) is 69.3 cm³/mol. The Labute approximate surface area is 110 Å². The van der Waals surface area contributed by atoms with Crippen molar-refractivity contribution in [3.05, 3.63) is 48.6 Å². The highest BCUT2D eigenvalue weighted by atomic mass is 31.2. The van der Waals surface area contributed by atoms with Crippen LogP contribution in [0.1, 0.15) is 5.56 Å². The summed E-state index contributed by atoms with van der Waals surface area (Å²) in [5.41, 5.74) is 0.661. The molecule has 0 amide bonds. The average molecular weight is 284 g/mol. The number of hydrogen-bond donors (Lipinski definition) is 2. The summed E-state index contributed by atoms with van der Waals surface area (Å²) in [6, 6.07) is 5.85. The number of hydrogen-bond acceptors (Lipinski definition) is 4. The SMILES string of the molecule is C=CCOC(=O)/C=C/c1ccc(OP(=O)(O)O)cc1. The molecule has 102 valence electrons. The summed E-state index contributed by atoms with van der Waals surface area (Å²) in [7, 11) is -4.55. The van der Waals surface area contributed by atoms with Crippen LogP contribution in [0.15, 0.2) is 43.0 Å². The van der Waals surface area contributed by atoms with Crippen LogP contribution in [0.4, 0.5) is 0 Å². The number of carbonyl (C=O) groups excluding carboxylic acids is 1. The predicted octanol–water partition coefficient (Wildman–Crippen LogP) is 1.90. The van der Waals surface area contributed by atoms with Crippen molar-refractivity contribution < 1.29 is 28.4 Å². The fourth-order valence-corrected chi connectivity index (χ4v) is 1.53. The van der Waals surface area contributed by atoms with Gasteiger partial charge in [-0.2, -0.15) is 0 Å². The van der Waals surface area contributed by atoms with Crippen LogP contribution < -0.4 is 4.52 Å². The molecule has 0 spiro atoms. The number of ether oxygens (including phenoxy) is 1. The van der Waals surface area contributed by atoms with Crippen molar-refractivity contribution in [2.45, 2.75) is 0 Å². The molecule has 0 radical (unpaired) electrons. The summed E-state index contributed by atoms with van der Waals surface area (Å²) in [4.78, 5) is 28.4. The molecule has 0 aliphatic rings. The molecular formula is C12H13O6P. The van der Waals surface area contributed by atoms with Crippen LogP contribution in [0, 0.1) is 0 Å². The van der Waals surface area contributed by atoms with Crippen LogP contribution in [-0.2, 0) is 14.1 Å². The van der Waals surface area contributed by atoms with E-state index in [9.17, 15) is 9.36 Å². The summed E-state index contributed by atoms with van der Waals surface area (Å²) < 4.78 is 19.7. The maximum atomic E-state index is 11.1. The third-order valence-electron chi connectivity index (χ3n) is 1.86. The van der Waals surface area contributed by atoms with E-state index < -0.39 is 13.8 Å². The molecule has 6 nitrogen and oxygen atoms in total. The maximum Gasteiger partial charge on any atom is 0.524 e. The van der Waals surface area contributed by atoms with Gasteiger partial charge in [0.2, 0.25) is 0 Å². The fourth-order valence-electron chi connectivity index (χ4n) is 1.13. The van der Waals surface area contributed by atoms with Gasteiger partial charge in [0, 0.05) is 6.08 Å². The minimum absolute atomic E-state index is 0.0414. The molecule has 2 N–H and O–H groups in total. The number of carbonyl (C=O) groups is 1. The van der Waals surface area contributed by atoms with E-state index in [-0.39, 0.29) is 12.4 Å². The molecule has 0 fully saturated rings. The van der Waals surface area contributed by atoms with Crippen LogP contribution in [0.2, 0.25) is 0 Å². The van der Waals surface area contributed by atoms with Gasteiger partial charge in [0.1, 0.15) is 12.4 Å². The van der Waals surface area contributed by atoms with Gasteiger partial charge in [-0.1, -0.05) is 24.8 Å². The van der Waals surface area contributed by atoms with E-state index in [1.165, 1.54) is 30.4 Å². The van der Waals surface area contributed by atoms with E-state index in [1.54, 1.807) is 12.1 Å². The van der Waals surface area contributed by atoms with E-state index in [2.05, 4.69) is 11.1 Å². The van der Waals surface area contributed by atoms with E-state index >= 15 is 0 Å². The smallest absolute Gasteiger partial charge is 0.458 e. The highest BCUT2D eigenvalue weighted by molar-refractivity contribution is 7.46. The summed E-state index contributed by atoms with van der Waals surface area (Å²) >= 11 is 0. The first-order valence-corrected chi connectivity index (χ1v) is 6.75. The lowest BCUT2D eigenvalue weighted by molar-refractivity contribution is -0.136. The summed E-state index contributed by atoms with van der Waals surface area (Å²) in [6.45, 7) is 3.55. The van der Waals surface area contributed by atoms with Crippen LogP contribution in [0.5, 0.6) is 5.75 Å². The molecule has 1 aromatic rings. The second kappa shape index (κ2) is 6.89. The highest BCUT2D eigenvalue weighted by Crippen LogP contribution is 2.37. The van der Waals surface area contributed by atoms with Gasteiger partial charge in [-0.05, 0) is 23.8 Å². The van der Waals surface area contributed by atoms with Crippen LogP contribution in [-0.4, -0.2) is 22.4 Å². The third kappa shape index (κ3) is 6.57. The minimum Gasteiger partial charge on any atom is -0.458 e. The third-order valence-corrected chi connectivity index (χ3v) is 2.31. The molecular weight excluding hydrogens is 271 g/mol. The van der Waals surface area contributed by atoms with Crippen molar-refractivity contribution in [3.63, 3.8) is 0 Å². The summed E-state index contributed by atoms with van der Waals surface area (Å²) in [6.07, 6.45) is 4.20. The standard InChI is InChI=1S/C12H13O6P/c1-2-9-17-12(13)8-5-10-3-6-11(7-4-10)18-19(14,15)16/h2-8H,1,9H2,(H2,14,15,16)/b8-5+. The first kappa shape index (κ1) is 15.2. The molecule has 0 atom stereocenters. The first-order valence-electron chi connectivity index (χ1n) is 5.21. The number of benzene rings is 1. The largest absolute Gasteiger partial charge is 0.524 e. The first-order chi connectivity index (χ1) is 8.90. The fraction of sp³-hybridized carbons (Fsp3) is 0.0833. The Morgan fingerprint density at radius 3 is 2.47 bits per heavy atom. The summed E-state index contributed by atoms with van der Waals surface area (Å²) in [5, 5.41) is 0. The van der Waals surface area contributed by atoms with Gasteiger partial charge in [-0.3, -0.25) is 9.79 Å². The van der Waals surface area contributed by atoms with Gasteiger partial charge in [0.25, 0.3) is 0 Å². The number of esters is 1. The van der Waals surface area contributed by atoms with Crippen molar-refractivity contribution in [1.82, 2.24) is 0 Å².